The van der Waals surface area contributed by atoms with Crippen LogP contribution in [0.3, 0.4) is 0 Å². The molecule has 0 bridgehead atoms. The summed E-state index contributed by atoms with van der Waals surface area (Å²) in [5, 5.41) is 2.59. The fourth-order valence-electron chi connectivity index (χ4n) is 2.78. The Bertz CT molecular complexity index is 858. The number of nitrogens with zero attached hydrogens (tertiary/aromatic N) is 1. The average molecular weight is 374 g/mol. The van der Waals surface area contributed by atoms with Crippen molar-refractivity contribution in [3.05, 3.63) is 53.8 Å². The first-order valence-corrected chi connectivity index (χ1v) is 8.26. The molecule has 1 aliphatic rings. The molecule has 2 aromatic carbocycles. The van der Waals surface area contributed by atoms with Gasteiger partial charge in [0.2, 0.25) is 0 Å². The van der Waals surface area contributed by atoms with Crippen molar-refractivity contribution < 1.29 is 28.2 Å². The lowest BCUT2D eigenvalue weighted by atomic mass is 10.2. The van der Waals surface area contributed by atoms with E-state index in [1.807, 2.05) is 0 Å². The summed E-state index contributed by atoms with van der Waals surface area (Å²) in [6.45, 7) is 0.314. The zero-order chi connectivity index (χ0) is 19.4. The summed E-state index contributed by atoms with van der Waals surface area (Å²) in [6.07, 6.45) is -1.09. The molecule has 1 N–H and O–H groups in total. The molecule has 7 nitrogen and oxygen atoms in total. The van der Waals surface area contributed by atoms with Crippen molar-refractivity contribution in [2.75, 3.05) is 32.2 Å². The number of hydrogen-bond acceptors (Lipinski definition) is 5. The molecule has 2 amide bonds. The quantitative estimate of drug-likeness (QED) is 0.841. The van der Waals surface area contributed by atoms with Crippen LogP contribution in [0.5, 0.6) is 11.5 Å². The minimum atomic E-state index is -0.606. The third-order valence-corrected chi connectivity index (χ3v) is 4.16. The van der Waals surface area contributed by atoms with Crippen molar-refractivity contribution >= 4 is 17.7 Å². The second-order valence-electron chi connectivity index (χ2n) is 5.85. The molecule has 0 spiro atoms. The predicted molar refractivity (Wildman–Crippen MR) is 95.9 cm³/mol. The first-order valence-electron chi connectivity index (χ1n) is 8.26. The maximum Gasteiger partial charge on any atom is 0.414 e. The molecule has 8 heteroatoms. The smallest absolute Gasteiger partial charge is 0.414 e. The van der Waals surface area contributed by atoms with E-state index in [1.165, 1.54) is 37.3 Å². The third kappa shape index (κ3) is 3.94. The highest BCUT2D eigenvalue weighted by atomic mass is 19.1. The minimum Gasteiger partial charge on any atom is -0.493 e. The van der Waals surface area contributed by atoms with Gasteiger partial charge < -0.3 is 19.5 Å². The van der Waals surface area contributed by atoms with Gasteiger partial charge in [0, 0.05) is 6.07 Å². The SMILES string of the molecule is COc1ccc(N2CC(CNC(=O)c3ccccc3F)OC2=O)cc1OC. The van der Waals surface area contributed by atoms with E-state index in [1.54, 1.807) is 24.3 Å². The molecule has 1 saturated heterocycles. The molecule has 1 unspecified atom stereocenters. The van der Waals surface area contributed by atoms with Crippen LogP contribution in [0.1, 0.15) is 10.4 Å². The molecule has 27 heavy (non-hydrogen) atoms. The van der Waals surface area contributed by atoms with E-state index >= 15 is 0 Å². The molecule has 0 aromatic heterocycles. The van der Waals surface area contributed by atoms with Gasteiger partial charge in [-0.2, -0.15) is 0 Å². The van der Waals surface area contributed by atoms with Crippen LogP contribution in [-0.4, -0.2) is 45.4 Å². The van der Waals surface area contributed by atoms with Crippen LogP contribution in [-0.2, 0) is 4.74 Å². The molecular formula is C19H19FN2O5. The summed E-state index contributed by atoms with van der Waals surface area (Å²) in [7, 11) is 3.03. The monoisotopic (exact) mass is 374 g/mol. The van der Waals surface area contributed by atoms with Crippen molar-refractivity contribution in [1.29, 1.82) is 0 Å². The zero-order valence-corrected chi connectivity index (χ0v) is 14.9. The van der Waals surface area contributed by atoms with Crippen molar-refractivity contribution in [3.63, 3.8) is 0 Å². The first kappa shape index (κ1) is 18.5. The number of benzene rings is 2. The average Bonchev–Trinajstić information content (AvgIpc) is 3.06. The topological polar surface area (TPSA) is 77.1 Å². The number of rotatable bonds is 6. The van der Waals surface area contributed by atoms with E-state index in [9.17, 15) is 14.0 Å². The second-order valence-corrected chi connectivity index (χ2v) is 5.85. The van der Waals surface area contributed by atoms with Crippen LogP contribution in [0, 0.1) is 5.82 Å². The van der Waals surface area contributed by atoms with Crippen molar-refractivity contribution in [3.8, 4) is 11.5 Å². The van der Waals surface area contributed by atoms with Crippen LogP contribution >= 0.6 is 0 Å². The molecule has 0 saturated carbocycles. The Kier molecular flexibility index (Phi) is 5.44. The zero-order valence-electron chi connectivity index (χ0n) is 14.9. The van der Waals surface area contributed by atoms with Gasteiger partial charge in [0.25, 0.3) is 5.91 Å². The molecule has 2 aromatic rings. The molecule has 0 radical (unpaired) electrons. The summed E-state index contributed by atoms with van der Waals surface area (Å²) in [5.41, 5.74) is 0.527. The van der Waals surface area contributed by atoms with E-state index in [2.05, 4.69) is 5.32 Å². The maximum atomic E-state index is 13.6. The fourth-order valence-corrected chi connectivity index (χ4v) is 2.78. The Labute approximate surface area is 155 Å². The lowest BCUT2D eigenvalue weighted by Crippen LogP contribution is -2.35. The summed E-state index contributed by atoms with van der Waals surface area (Å²) in [6, 6.07) is 10.8. The van der Waals surface area contributed by atoms with E-state index in [0.717, 1.165) is 0 Å². The van der Waals surface area contributed by atoms with Crippen molar-refractivity contribution in [2.45, 2.75) is 6.10 Å². The van der Waals surface area contributed by atoms with Crippen LogP contribution in [0.15, 0.2) is 42.5 Å². The summed E-state index contributed by atoms with van der Waals surface area (Å²) in [5.74, 6) is -0.138. The number of methoxy groups -OCH3 is 2. The maximum absolute atomic E-state index is 13.6. The van der Waals surface area contributed by atoms with Gasteiger partial charge in [0.1, 0.15) is 11.9 Å². The first-order chi connectivity index (χ1) is 13.0. The third-order valence-electron chi connectivity index (χ3n) is 4.16. The van der Waals surface area contributed by atoms with Crippen LogP contribution in [0.2, 0.25) is 0 Å². The Hall–Kier alpha value is -3.29. The number of carbonyl (C=O) groups is 2. The minimum absolute atomic E-state index is 0.0569. The van der Waals surface area contributed by atoms with Crippen LogP contribution < -0.4 is 19.7 Å². The largest absolute Gasteiger partial charge is 0.493 e. The standard InChI is InChI=1S/C19H19FN2O5/c1-25-16-8-7-12(9-17(16)26-2)22-11-13(27-19(22)24)10-21-18(23)14-5-3-4-6-15(14)20/h3-9,13H,10-11H2,1-2H3,(H,21,23). The fraction of sp³-hybridized carbons (Fsp3) is 0.263. The number of hydrogen-bond donors (Lipinski definition) is 1. The normalized spacial score (nSPS) is 16.0. The Morgan fingerprint density at radius 3 is 2.67 bits per heavy atom. The van der Waals surface area contributed by atoms with Gasteiger partial charge in [0.15, 0.2) is 11.5 Å². The van der Waals surface area contributed by atoms with Gasteiger partial charge in [-0.3, -0.25) is 9.69 Å². The van der Waals surface area contributed by atoms with E-state index in [0.29, 0.717) is 17.2 Å². The van der Waals surface area contributed by atoms with E-state index in [4.69, 9.17) is 14.2 Å². The molecule has 3 rings (SSSR count). The number of ether oxygens (including phenoxy) is 3. The summed E-state index contributed by atoms with van der Waals surface area (Å²) < 4.78 is 29.3. The van der Waals surface area contributed by atoms with Gasteiger partial charge in [-0.25, -0.2) is 9.18 Å². The number of anilines is 1. The second kappa shape index (κ2) is 7.94. The Balaban J connectivity index is 1.64. The number of carbonyl (C=O) groups excluding carboxylic acids is 2. The van der Waals surface area contributed by atoms with Gasteiger partial charge in [0.05, 0.1) is 38.6 Å². The molecule has 1 atom stereocenters. The highest BCUT2D eigenvalue weighted by Crippen LogP contribution is 2.33. The summed E-state index contributed by atoms with van der Waals surface area (Å²) in [4.78, 5) is 25.7. The van der Waals surface area contributed by atoms with Gasteiger partial charge in [-0.05, 0) is 24.3 Å². The Morgan fingerprint density at radius 2 is 1.96 bits per heavy atom. The number of nitrogens with one attached hydrogen (secondary N) is 1. The van der Waals surface area contributed by atoms with Crippen LogP contribution in [0.25, 0.3) is 0 Å². The van der Waals surface area contributed by atoms with Gasteiger partial charge in [-0.1, -0.05) is 12.1 Å². The molecule has 142 valence electrons. The number of amides is 2. The predicted octanol–water partition coefficient (Wildman–Crippen LogP) is 2.60. The summed E-state index contributed by atoms with van der Waals surface area (Å²) >= 11 is 0. The molecule has 0 aliphatic carbocycles. The molecule has 1 heterocycles. The molecule has 1 fully saturated rings. The Morgan fingerprint density at radius 1 is 1.22 bits per heavy atom. The van der Waals surface area contributed by atoms with Crippen LogP contribution in [0.4, 0.5) is 14.9 Å². The lowest BCUT2D eigenvalue weighted by molar-refractivity contribution is 0.0912. The van der Waals surface area contributed by atoms with E-state index < -0.39 is 23.9 Å². The molecular weight excluding hydrogens is 355 g/mol. The van der Waals surface area contributed by atoms with Gasteiger partial charge in [-0.15, -0.1) is 0 Å². The van der Waals surface area contributed by atoms with Crippen molar-refractivity contribution in [1.82, 2.24) is 5.32 Å². The van der Waals surface area contributed by atoms with Crippen molar-refractivity contribution in [2.24, 2.45) is 0 Å². The highest BCUT2D eigenvalue weighted by molar-refractivity contribution is 5.94. The van der Waals surface area contributed by atoms with Gasteiger partial charge >= 0.3 is 6.09 Å². The highest BCUT2D eigenvalue weighted by Gasteiger charge is 2.33. The lowest BCUT2D eigenvalue weighted by Gasteiger charge is -2.15. The number of halogens is 1. The number of cyclic esters (lactones) is 1. The van der Waals surface area contributed by atoms with E-state index in [-0.39, 0.29) is 18.7 Å². The molecule has 1 aliphatic heterocycles.